The Balaban J connectivity index is 1.73. The van der Waals surface area contributed by atoms with E-state index in [1.165, 1.54) is 12.1 Å². The molecule has 3 N–H and O–H groups in total. The number of aliphatic hydroxyl groups is 1. The van der Waals surface area contributed by atoms with Gasteiger partial charge in [0.25, 0.3) is 5.91 Å². The molecule has 1 spiro atoms. The van der Waals surface area contributed by atoms with Crippen LogP contribution in [0.25, 0.3) is 0 Å². The summed E-state index contributed by atoms with van der Waals surface area (Å²) in [6, 6.07) is 9.59. The molecule has 1 aliphatic carbocycles. The number of hydrogen-bond donors (Lipinski definition) is 3. The number of fused-ring (bicyclic) bond motifs is 6. The summed E-state index contributed by atoms with van der Waals surface area (Å²) in [7, 11) is 0. The first-order valence-corrected chi connectivity index (χ1v) is 9.69. The van der Waals surface area contributed by atoms with Gasteiger partial charge in [-0.05, 0) is 43.3 Å². The third kappa shape index (κ3) is 2.45. The van der Waals surface area contributed by atoms with Crippen LogP contribution in [0.5, 0.6) is 11.5 Å². The molecule has 152 valence electrons. The van der Waals surface area contributed by atoms with Crippen LogP contribution in [0.4, 0.5) is 0 Å². The molecule has 2 aliphatic heterocycles. The second-order valence-corrected chi connectivity index (χ2v) is 7.48. The standard InChI is InChI=1S/C23H19NO6/c1-2-24-21(27)12-3-6-16-15(9-12)22(28)30-23(16)17-7-4-13(25)10-19(17)29-20-11-14(26)5-8-18(20)23/h3-11,17,19,25-26H,2H2,1H3,(H,24,27). The van der Waals surface area contributed by atoms with E-state index in [1.54, 1.807) is 42.5 Å². The van der Waals surface area contributed by atoms with Gasteiger partial charge < -0.3 is 25.0 Å². The number of nitrogens with one attached hydrogen (secondary N) is 1. The summed E-state index contributed by atoms with van der Waals surface area (Å²) in [6.07, 6.45) is 4.25. The number of aromatic hydroxyl groups is 1. The summed E-state index contributed by atoms with van der Waals surface area (Å²) in [6.45, 7) is 2.30. The zero-order chi connectivity index (χ0) is 21.0. The highest BCUT2D eigenvalue weighted by molar-refractivity contribution is 6.01. The summed E-state index contributed by atoms with van der Waals surface area (Å²) in [4.78, 5) is 25.2. The van der Waals surface area contributed by atoms with Crippen LogP contribution in [-0.4, -0.2) is 34.7 Å². The van der Waals surface area contributed by atoms with Crippen molar-refractivity contribution in [3.8, 4) is 11.5 Å². The van der Waals surface area contributed by atoms with Gasteiger partial charge in [0, 0.05) is 29.3 Å². The van der Waals surface area contributed by atoms with Crippen LogP contribution in [-0.2, 0) is 10.3 Å². The van der Waals surface area contributed by atoms with E-state index in [1.807, 2.05) is 6.92 Å². The molecule has 0 saturated carbocycles. The van der Waals surface area contributed by atoms with E-state index < -0.39 is 23.6 Å². The molecule has 0 radical (unpaired) electrons. The maximum atomic E-state index is 13.0. The first-order chi connectivity index (χ1) is 14.4. The molecule has 0 fully saturated rings. The molecular formula is C23H19NO6. The monoisotopic (exact) mass is 405 g/mol. The predicted molar refractivity (Wildman–Crippen MR) is 107 cm³/mol. The van der Waals surface area contributed by atoms with Crippen LogP contribution in [0.15, 0.2) is 60.4 Å². The smallest absolute Gasteiger partial charge is 0.339 e. The highest BCUT2D eigenvalue weighted by atomic mass is 16.6. The number of aliphatic hydroxyl groups excluding tert-OH is 1. The molecule has 3 atom stereocenters. The molecular weight excluding hydrogens is 386 g/mol. The Morgan fingerprint density at radius 3 is 2.77 bits per heavy atom. The van der Waals surface area contributed by atoms with Gasteiger partial charge >= 0.3 is 5.97 Å². The minimum atomic E-state index is -1.20. The quantitative estimate of drug-likeness (QED) is 0.664. The van der Waals surface area contributed by atoms with Crippen LogP contribution in [0.3, 0.4) is 0 Å². The number of carbonyl (C=O) groups excluding carboxylic acids is 2. The Morgan fingerprint density at radius 2 is 1.97 bits per heavy atom. The summed E-state index contributed by atoms with van der Waals surface area (Å²) >= 11 is 0. The van der Waals surface area contributed by atoms with E-state index in [-0.39, 0.29) is 17.4 Å². The second-order valence-electron chi connectivity index (χ2n) is 7.48. The number of allylic oxidation sites excluding steroid dienone is 1. The Bertz CT molecular complexity index is 1150. The Labute approximate surface area is 172 Å². The molecule has 1 amide bonds. The number of esters is 1. The molecule has 0 aromatic heterocycles. The van der Waals surface area contributed by atoms with Gasteiger partial charge in [0.1, 0.15) is 23.4 Å². The minimum absolute atomic E-state index is 0.0121. The van der Waals surface area contributed by atoms with Crippen molar-refractivity contribution >= 4 is 11.9 Å². The average molecular weight is 405 g/mol. The van der Waals surface area contributed by atoms with Gasteiger partial charge in [-0.3, -0.25) is 4.79 Å². The Kier molecular flexibility index (Phi) is 3.89. The molecule has 7 nitrogen and oxygen atoms in total. The van der Waals surface area contributed by atoms with E-state index in [0.29, 0.717) is 34.5 Å². The maximum absolute atomic E-state index is 13.0. The fourth-order valence-electron chi connectivity index (χ4n) is 4.50. The average Bonchev–Trinajstić information content (AvgIpc) is 3.00. The molecule has 7 heteroatoms. The van der Waals surface area contributed by atoms with Crippen LogP contribution in [0.2, 0.25) is 0 Å². The number of amides is 1. The number of rotatable bonds is 2. The van der Waals surface area contributed by atoms with Crippen LogP contribution >= 0.6 is 0 Å². The van der Waals surface area contributed by atoms with E-state index >= 15 is 0 Å². The lowest BCUT2D eigenvalue weighted by molar-refractivity contribution is -0.0424. The van der Waals surface area contributed by atoms with Crippen molar-refractivity contribution in [3.05, 3.63) is 82.6 Å². The largest absolute Gasteiger partial charge is 0.508 e. The van der Waals surface area contributed by atoms with Crippen LogP contribution in [0.1, 0.15) is 38.8 Å². The van der Waals surface area contributed by atoms with Gasteiger partial charge in [-0.2, -0.15) is 0 Å². The van der Waals surface area contributed by atoms with Crippen molar-refractivity contribution in [1.29, 1.82) is 0 Å². The van der Waals surface area contributed by atoms with Crippen molar-refractivity contribution in [1.82, 2.24) is 5.32 Å². The fourth-order valence-corrected chi connectivity index (χ4v) is 4.50. The van der Waals surface area contributed by atoms with Crippen molar-refractivity contribution in [3.63, 3.8) is 0 Å². The number of phenols is 1. The van der Waals surface area contributed by atoms with Crippen molar-refractivity contribution in [2.45, 2.75) is 18.6 Å². The zero-order valence-electron chi connectivity index (χ0n) is 16.1. The summed E-state index contributed by atoms with van der Waals surface area (Å²) in [5, 5.41) is 22.6. The number of benzene rings is 2. The second kappa shape index (κ2) is 6.38. The third-order valence-corrected chi connectivity index (χ3v) is 5.75. The van der Waals surface area contributed by atoms with Crippen molar-refractivity contribution < 1.29 is 29.3 Å². The van der Waals surface area contributed by atoms with Gasteiger partial charge in [0.05, 0.1) is 11.5 Å². The van der Waals surface area contributed by atoms with Gasteiger partial charge in [0.15, 0.2) is 5.60 Å². The summed E-state index contributed by atoms with van der Waals surface area (Å²) in [5.74, 6) is -0.822. The van der Waals surface area contributed by atoms with E-state index in [2.05, 4.69) is 5.32 Å². The van der Waals surface area contributed by atoms with Gasteiger partial charge in [0.2, 0.25) is 0 Å². The van der Waals surface area contributed by atoms with Gasteiger partial charge in [-0.25, -0.2) is 4.79 Å². The molecule has 30 heavy (non-hydrogen) atoms. The lowest BCUT2D eigenvalue weighted by Crippen LogP contribution is -2.48. The SMILES string of the molecule is CCNC(=O)c1ccc2c(c1)C(=O)OC21c2ccc(O)cc2OC2C=C(O)C=CC21. The first-order valence-electron chi connectivity index (χ1n) is 9.69. The van der Waals surface area contributed by atoms with Crippen molar-refractivity contribution in [2.75, 3.05) is 6.54 Å². The highest BCUT2D eigenvalue weighted by Crippen LogP contribution is 2.56. The lowest BCUT2D eigenvalue weighted by Gasteiger charge is -2.44. The Morgan fingerprint density at radius 1 is 1.17 bits per heavy atom. The topological polar surface area (TPSA) is 105 Å². The van der Waals surface area contributed by atoms with E-state index in [4.69, 9.17) is 9.47 Å². The molecule has 3 unspecified atom stereocenters. The molecule has 5 rings (SSSR count). The van der Waals surface area contributed by atoms with Crippen LogP contribution < -0.4 is 10.1 Å². The van der Waals surface area contributed by atoms with Crippen molar-refractivity contribution in [2.24, 2.45) is 5.92 Å². The summed E-state index contributed by atoms with van der Waals surface area (Å²) in [5.41, 5.74) is 0.691. The van der Waals surface area contributed by atoms with Crippen LogP contribution in [0, 0.1) is 5.92 Å². The first kappa shape index (κ1) is 18.3. The Hall–Kier alpha value is -3.74. The molecule has 2 heterocycles. The molecule has 3 aliphatic rings. The predicted octanol–water partition coefficient (Wildman–Crippen LogP) is 2.94. The van der Waals surface area contributed by atoms with Gasteiger partial charge in [-0.1, -0.05) is 12.1 Å². The molecule has 0 saturated heterocycles. The van der Waals surface area contributed by atoms with E-state index in [0.717, 1.165) is 0 Å². The molecule has 0 bridgehead atoms. The molecule has 2 aromatic rings. The number of phenolic OH excluding ortho intramolecular Hbond substituents is 1. The number of hydrogen-bond acceptors (Lipinski definition) is 6. The summed E-state index contributed by atoms with van der Waals surface area (Å²) < 4.78 is 12.0. The maximum Gasteiger partial charge on any atom is 0.339 e. The number of carbonyl (C=O) groups is 2. The third-order valence-electron chi connectivity index (χ3n) is 5.75. The lowest BCUT2D eigenvalue weighted by atomic mass is 9.70. The minimum Gasteiger partial charge on any atom is -0.508 e. The molecule has 2 aromatic carbocycles. The highest BCUT2D eigenvalue weighted by Gasteiger charge is 2.58. The number of ether oxygens (including phenoxy) is 2. The fraction of sp³-hybridized carbons (Fsp3) is 0.217. The van der Waals surface area contributed by atoms with Gasteiger partial charge in [-0.15, -0.1) is 0 Å². The van der Waals surface area contributed by atoms with E-state index in [9.17, 15) is 19.8 Å². The normalized spacial score (nSPS) is 25.5. The zero-order valence-corrected chi connectivity index (χ0v) is 16.1.